The van der Waals surface area contributed by atoms with E-state index >= 15 is 0 Å². The van der Waals surface area contributed by atoms with Gasteiger partial charge in [-0.15, -0.1) is 0 Å². The van der Waals surface area contributed by atoms with Crippen LogP contribution in [-0.2, 0) is 6.42 Å². The number of rotatable bonds is 2. The first-order valence-corrected chi connectivity index (χ1v) is 4.45. The van der Waals surface area contributed by atoms with Crippen molar-refractivity contribution in [3.63, 3.8) is 0 Å². The second-order valence-corrected chi connectivity index (χ2v) is 3.69. The van der Waals surface area contributed by atoms with E-state index in [0.717, 1.165) is 17.7 Å². The fourth-order valence-electron chi connectivity index (χ4n) is 1.05. The van der Waals surface area contributed by atoms with Gasteiger partial charge in [-0.3, -0.25) is 0 Å². The minimum absolute atomic E-state index is 0.570. The lowest BCUT2D eigenvalue weighted by Gasteiger charge is -2.07. The molecule has 0 radical (unpaired) electrons. The maximum atomic E-state index is 5.85. The predicted octanol–water partition coefficient (Wildman–Crippen LogP) is 2.64. The van der Waals surface area contributed by atoms with Crippen LogP contribution in [0.4, 0.5) is 0 Å². The van der Waals surface area contributed by atoms with Crippen LogP contribution in [0.15, 0.2) is 6.33 Å². The highest BCUT2D eigenvalue weighted by Gasteiger charge is 2.05. The normalized spacial score (nSPS) is 10.8. The van der Waals surface area contributed by atoms with E-state index < -0.39 is 0 Å². The van der Waals surface area contributed by atoms with Gasteiger partial charge < -0.3 is 0 Å². The van der Waals surface area contributed by atoms with Crippen molar-refractivity contribution in [2.75, 3.05) is 0 Å². The van der Waals surface area contributed by atoms with Gasteiger partial charge in [0.15, 0.2) is 0 Å². The molecule has 0 aliphatic carbocycles. The molecule has 12 heavy (non-hydrogen) atoms. The average molecular weight is 185 g/mol. The molecule has 1 heterocycles. The van der Waals surface area contributed by atoms with Crippen molar-refractivity contribution in [1.29, 1.82) is 0 Å². The topological polar surface area (TPSA) is 25.8 Å². The van der Waals surface area contributed by atoms with Crippen LogP contribution < -0.4 is 0 Å². The van der Waals surface area contributed by atoms with Crippen molar-refractivity contribution in [3.05, 3.63) is 22.7 Å². The molecule has 1 aromatic heterocycles. The lowest BCUT2D eigenvalue weighted by Crippen LogP contribution is -2.01. The van der Waals surface area contributed by atoms with Crippen LogP contribution in [0.3, 0.4) is 0 Å². The Morgan fingerprint density at radius 2 is 2.08 bits per heavy atom. The van der Waals surface area contributed by atoms with Crippen molar-refractivity contribution in [2.45, 2.75) is 27.2 Å². The van der Waals surface area contributed by atoms with E-state index in [1.165, 1.54) is 6.33 Å². The lowest BCUT2D eigenvalue weighted by atomic mass is 10.1. The van der Waals surface area contributed by atoms with Crippen LogP contribution in [0.25, 0.3) is 0 Å². The summed E-state index contributed by atoms with van der Waals surface area (Å²) < 4.78 is 0. The summed E-state index contributed by atoms with van der Waals surface area (Å²) in [5, 5.41) is 0.570. The third-order valence-corrected chi connectivity index (χ3v) is 2.11. The summed E-state index contributed by atoms with van der Waals surface area (Å²) in [6.07, 6.45) is 2.49. The molecular formula is C9H13ClN2. The van der Waals surface area contributed by atoms with Crippen molar-refractivity contribution in [3.8, 4) is 0 Å². The number of halogens is 1. The molecule has 0 aliphatic heterocycles. The Balaban J connectivity index is 2.92. The standard InChI is InChI=1S/C9H13ClN2/c1-6(2)4-8-7(3)9(10)12-5-11-8/h5-6H,4H2,1-3H3. The number of hydrogen-bond acceptors (Lipinski definition) is 2. The molecule has 2 nitrogen and oxygen atoms in total. The Hall–Kier alpha value is -0.630. The molecule has 0 saturated heterocycles. The highest BCUT2D eigenvalue weighted by Crippen LogP contribution is 2.16. The first-order valence-electron chi connectivity index (χ1n) is 4.07. The number of aromatic nitrogens is 2. The molecule has 0 N–H and O–H groups in total. The quantitative estimate of drug-likeness (QED) is 0.661. The fraction of sp³-hybridized carbons (Fsp3) is 0.556. The Bertz CT molecular complexity index is 271. The molecule has 0 bridgehead atoms. The SMILES string of the molecule is Cc1c(Cl)ncnc1CC(C)C. The zero-order chi connectivity index (χ0) is 9.14. The molecule has 0 aliphatic rings. The van der Waals surface area contributed by atoms with Gasteiger partial charge in [0.25, 0.3) is 0 Å². The van der Waals surface area contributed by atoms with E-state index in [1.54, 1.807) is 0 Å². The van der Waals surface area contributed by atoms with E-state index in [4.69, 9.17) is 11.6 Å². The first-order chi connectivity index (χ1) is 5.61. The van der Waals surface area contributed by atoms with E-state index in [1.807, 2.05) is 6.92 Å². The molecular weight excluding hydrogens is 172 g/mol. The van der Waals surface area contributed by atoms with Gasteiger partial charge in [-0.1, -0.05) is 25.4 Å². The maximum absolute atomic E-state index is 5.85. The fourth-order valence-corrected chi connectivity index (χ4v) is 1.21. The molecule has 66 valence electrons. The number of nitrogens with zero attached hydrogens (tertiary/aromatic N) is 2. The highest BCUT2D eigenvalue weighted by molar-refractivity contribution is 6.30. The van der Waals surface area contributed by atoms with E-state index in [2.05, 4.69) is 23.8 Å². The second-order valence-electron chi connectivity index (χ2n) is 3.33. The van der Waals surface area contributed by atoms with Crippen molar-refractivity contribution >= 4 is 11.6 Å². The summed E-state index contributed by atoms with van der Waals surface area (Å²) in [5.74, 6) is 0.606. The van der Waals surface area contributed by atoms with Crippen molar-refractivity contribution in [1.82, 2.24) is 9.97 Å². The van der Waals surface area contributed by atoms with Crippen molar-refractivity contribution in [2.24, 2.45) is 5.92 Å². The third kappa shape index (κ3) is 2.18. The second kappa shape index (κ2) is 3.85. The third-order valence-electron chi connectivity index (χ3n) is 1.73. The molecule has 0 aromatic carbocycles. The molecule has 0 unspecified atom stereocenters. The Labute approximate surface area is 78.0 Å². The van der Waals surface area contributed by atoms with Gasteiger partial charge in [0.05, 0.1) is 0 Å². The van der Waals surface area contributed by atoms with Gasteiger partial charge in [0.2, 0.25) is 0 Å². The molecule has 1 aromatic rings. The van der Waals surface area contributed by atoms with Crippen LogP contribution in [0, 0.1) is 12.8 Å². The van der Waals surface area contributed by atoms with E-state index in [-0.39, 0.29) is 0 Å². The predicted molar refractivity (Wildman–Crippen MR) is 50.3 cm³/mol. The summed E-state index contributed by atoms with van der Waals surface area (Å²) >= 11 is 5.85. The van der Waals surface area contributed by atoms with Gasteiger partial charge in [-0.2, -0.15) is 0 Å². The van der Waals surface area contributed by atoms with Crippen molar-refractivity contribution < 1.29 is 0 Å². The largest absolute Gasteiger partial charge is 0.241 e. The maximum Gasteiger partial charge on any atom is 0.135 e. The molecule has 3 heteroatoms. The Morgan fingerprint density at radius 3 is 2.67 bits per heavy atom. The summed E-state index contributed by atoms with van der Waals surface area (Å²) in [4.78, 5) is 8.08. The summed E-state index contributed by atoms with van der Waals surface area (Å²) in [5.41, 5.74) is 2.07. The van der Waals surface area contributed by atoms with E-state index in [0.29, 0.717) is 11.1 Å². The Kier molecular flexibility index (Phi) is 3.04. The van der Waals surface area contributed by atoms with Crippen LogP contribution in [0.5, 0.6) is 0 Å². The van der Waals surface area contributed by atoms with Gasteiger partial charge in [-0.25, -0.2) is 9.97 Å². The summed E-state index contributed by atoms with van der Waals surface area (Å²) in [7, 11) is 0. The average Bonchev–Trinajstić information content (AvgIpc) is 1.98. The van der Waals surface area contributed by atoms with Gasteiger partial charge in [0, 0.05) is 11.3 Å². The molecule has 1 rings (SSSR count). The monoisotopic (exact) mass is 184 g/mol. The Morgan fingerprint density at radius 1 is 1.42 bits per heavy atom. The summed E-state index contributed by atoms with van der Waals surface area (Å²) in [6, 6.07) is 0. The summed E-state index contributed by atoms with van der Waals surface area (Å²) in [6.45, 7) is 6.28. The molecule has 0 atom stereocenters. The lowest BCUT2D eigenvalue weighted by molar-refractivity contribution is 0.631. The van der Waals surface area contributed by atoms with Crippen LogP contribution in [0.2, 0.25) is 5.15 Å². The minimum atomic E-state index is 0.570. The van der Waals surface area contributed by atoms with E-state index in [9.17, 15) is 0 Å². The van der Waals surface area contributed by atoms with Gasteiger partial charge >= 0.3 is 0 Å². The molecule has 0 fully saturated rings. The molecule has 0 spiro atoms. The molecule has 0 saturated carbocycles. The first kappa shape index (κ1) is 9.46. The van der Waals surface area contributed by atoms with Gasteiger partial charge in [-0.05, 0) is 19.3 Å². The van der Waals surface area contributed by atoms with Gasteiger partial charge in [0.1, 0.15) is 11.5 Å². The zero-order valence-corrected chi connectivity index (χ0v) is 8.39. The number of hydrogen-bond donors (Lipinski definition) is 0. The molecule has 0 amide bonds. The minimum Gasteiger partial charge on any atom is -0.241 e. The smallest absolute Gasteiger partial charge is 0.135 e. The van der Waals surface area contributed by atoms with Crippen LogP contribution in [-0.4, -0.2) is 9.97 Å². The van der Waals surface area contributed by atoms with Crippen LogP contribution in [0.1, 0.15) is 25.1 Å². The zero-order valence-electron chi connectivity index (χ0n) is 7.63. The van der Waals surface area contributed by atoms with Crippen LogP contribution >= 0.6 is 11.6 Å². The highest BCUT2D eigenvalue weighted by atomic mass is 35.5.